The summed E-state index contributed by atoms with van der Waals surface area (Å²) in [6.07, 6.45) is 3.64. The zero-order valence-corrected chi connectivity index (χ0v) is 14.0. The number of hydrogen-bond donors (Lipinski definition) is 1. The molecule has 1 aliphatic heterocycles. The average Bonchev–Trinajstić information content (AvgIpc) is 3.25. The first kappa shape index (κ1) is 14.9. The van der Waals surface area contributed by atoms with Crippen LogP contribution in [0.3, 0.4) is 0 Å². The van der Waals surface area contributed by atoms with E-state index in [9.17, 15) is 0 Å². The molecule has 0 aromatic carbocycles. The van der Waals surface area contributed by atoms with E-state index < -0.39 is 0 Å². The fraction of sp³-hybridized carbons (Fsp3) is 0.533. The molecule has 9 nitrogen and oxygen atoms in total. The van der Waals surface area contributed by atoms with E-state index in [0.29, 0.717) is 23.5 Å². The molecule has 0 aliphatic carbocycles. The van der Waals surface area contributed by atoms with Crippen LogP contribution in [0.4, 0.5) is 11.8 Å². The Labute approximate surface area is 138 Å². The predicted octanol–water partition coefficient (Wildman–Crippen LogP) is 1.79. The molecule has 2 N–H and O–H groups in total. The highest BCUT2D eigenvalue weighted by Crippen LogP contribution is 2.34. The molecule has 9 heteroatoms. The molecule has 1 aliphatic rings. The quantitative estimate of drug-likeness (QED) is 0.774. The van der Waals surface area contributed by atoms with Gasteiger partial charge in [0.25, 0.3) is 0 Å². The summed E-state index contributed by atoms with van der Waals surface area (Å²) < 4.78 is 7.06. The minimum atomic E-state index is 0.00586. The van der Waals surface area contributed by atoms with Crippen LogP contribution in [0.25, 0.3) is 11.0 Å². The molecular weight excluding hydrogens is 308 g/mol. The molecule has 3 aromatic heterocycles. The van der Waals surface area contributed by atoms with Crippen LogP contribution in [0, 0.1) is 0 Å². The second kappa shape index (κ2) is 5.43. The lowest BCUT2D eigenvalue weighted by molar-refractivity contribution is 0.358. The Morgan fingerprint density at radius 1 is 1.29 bits per heavy atom. The van der Waals surface area contributed by atoms with Crippen LogP contribution in [-0.2, 0) is 7.05 Å². The van der Waals surface area contributed by atoms with Crippen molar-refractivity contribution in [1.29, 1.82) is 0 Å². The number of rotatable bonds is 3. The first-order chi connectivity index (χ1) is 11.5. The molecular formula is C15H20N8O. The lowest BCUT2D eigenvalue weighted by Crippen LogP contribution is -2.26. The largest absolute Gasteiger partial charge is 0.383 e. The van der Waals surface area contributed by atoms with E-state index in [1.807, 2.05) is 20.9 Å². The van der Waals surface area contributed by atoms with Gasteiger partial charge < -0.3 is 15.2 Å². The maximum Gasteiger partial charge on any atom is 0.230 e. The van der Waals surface area contributed by atoms with E-state index in [-0.39, 0.29) is 12.0 Å². The van der Waals surface area contributed by atoms with Crippen LogP contribution in [-0.4, -0.2) is 36.4 Å². The second-order valence-corrected chi connectivity index (χ2v) is 6.41. The lowest BCUT2D eigenvalue weighted by atomic mass is 10.2. The number of fused-ring (bicyclic) bond motifs is 1. The van der Waals surface area contributed by atoms with Crippen LogP contribution in [0.2, 0.25) is 0 Å². The minimum Gasteiger partial charge on any atom is -0.383 e. The summed E-state index contributed by atoms with van der Waals surface area (Å²) in [5.74, 6) is 2.56. The van der Waals surface area contributed by atoms with Gasteiger partial charge in [-0.1, -0.05) is 19.0 Å². The molecule has 0 bridgehead atoms. The van der Waals surface area contributed by atoms with Crippen LogP contribution in [0.1, 0.15) is 50.4 Å². The van der Waals surface area contributed by atoms with Crippen molar-refractivity contribution in [2.75, 3.05) is 17.2 Å². The molecule has 4 heterocycles. The first-order valence-corrected chi connectivity index (χ1v) is 8.10. The zero-order valence-electron chi connectivity index (χ0n) is 14.0. The molecule has 0 saturated carbocycles. The standard InChI is InChI=1S/C15H20N8O/c1-8(2)14-19-12(21-24-14)10-5-4-6-23(10)15-18-11(16)9-7-17-22(3)13(9)20-15/h7-8,10H,4-6H2,1-3H3,(H2,16,18,20). The fourth-order valence-electron chi connectivity index (χ4n) is 3.05. The van der Waals surface area contributed by atoms with Crippen LogP contribution < -0.4 is 10.6 Å². The highest BCUT2D eigenvalue weighted by molar-refractivity contribution is 5.86. The van der Waals surface area contributed by atoms with Crippen molar-refractivity contribution in [3.63, 3.8) is 0 Å². The molecule has 0 spiro atoms. The van der Waals surface area contributed by atoms with Gasteiger partial charge in [0.15, 0.2) is 11.5 Å². The predicted molar refractivity (Wildman–Crippen MR) is 88.4 cm³/mol. The third kappa shape index (κ3) is 2.27. The van der Waals surface area contributed by atoms with Crippen LogP contribution in [0.15, 0.2) is 10.7 Å². The summed E-state index contributed by atoms with van der Waals surface area (Å²) in [5, 5.41) is 9.12. The lowest BCUT2D eigenvalue weighted by Gasteiger charge is -2.22. The van der Waals surface area contributed by atoms with Gasteiger partial charge in [-0.25, -0.2) is 0 Å². The Hall–Kier alpha value is -2.71. The Bertz CT molecular complexity index is 883. The molecule has 1 fully saturated rings. The number of anilines is 2. The van der Waals surface area contributed by atoms with Gasteiger partial charge in [0, 0.05) is 19.5 Å². The van der Waals surface area contributed by atoms with Crippen molar-refractivity contribution in [2.24, 2.45) is 7.05 Å². The maximum atomic E-state index is 6.09. The minimum absolute atomic E-state index is 0.00586. The van der Waals surface area contributed by atoms with Gasteiger partial charge in [0.2, 0.25) is 11.8 Å². The van der Waals surface area contributed by atoms with Gasteiger partial charge in [-0.3, -0.25) is 4.68 Å². The monoisotopic (exact) mass is 328 g/mol. The summed E-state index contributed by atoms with van der Waals surface area (Å²) in [6, 6.07) is 0.00586. The SMILES string of the molecule is CC(C)c1nc(C2CCCN2c2nc(N)c3cnn(C)c3n2)no1. The Balaban J connectivity index is 1.73. The van der Waals surface area contributed by atoms with Crippen LogP contribution >= 0.6 is 0 Å². The van der Waals surface area contributed by atoms with E-state index in [4.69, 9.17) is 10.3 Å². The van der Waals surface area contributed by atoms with Crippen LogP contribution in [0.5, 0.6) is 0 Å². The third-order valence-corrected chi connectivity index (χ3v) is 4.37. The third-order valence-electron chi connectivity index (χ3n) is 4.37. The molecule has 3 aromatic rings. The zero-order chi connectivity index (χ0) is 16.8. The van der Waals surface area contributed by atoms with Crippen molar-refractivity contribution in [2.45, 2.75) is 38.6 Å². The summed E-state index contributed by atoms with van der Waals surface area (Å²) >= 11 is 0. The molecule has 0 amide bonds. The molecule has 1 saturated heterocycles. The maximum absolute atomic E-state index is 6.09. The van der Waals surface area contributed by atoms with Gasteiger partial charge >= 0.3 is 0 Å². The number of hydrogen-bond acceptors (Lipinski definition) is 8. The van der Waals surface area contributed by atoms with Gasteiger partial charge in [-0.05, 0) is 12.8 Å². The van der Waals surface area contributed by atoms with E-state index in [2.05, 4.69) is 30.1 Å². The van der Waals surface area contributed by atoms with Gasteiger partial charge in [-0.2, -0.15) is 20.1 Å². The van der Waals surface area contributed by atoms with E-state index in [1.165, 1.54) is 0 Å². The normalized spacial score (nSPS) is 18.2. The van der Waals surface area contributed by atoms with E-state index >= 15 is 0 Å². The number of nitrogens with zero attached hydrogens (tertiary/aromatic N) is 7. The van der Waals surface area contributed by atoms with Crippen molar-refractivity contribution in [3.8, 4) is 0 Å². The van der Waals surface area contributed by atoms with Crippen molar-refractivity contribution in [1.82, 2.24) is 29.9 Å². The highest BCUT2D eigenvalue weighted by Gasteiger charge is 2.32. The molecule has 4 rings (SSSR count). The highest BCUT2D eigenvalue weighted by atomic mass is 16.5. The summed E-state index contributed by atoms with van der Waals surface area (Å²) in [5.41, 5.74) is 6.81. The van der Waals surface area contributed by atoms with Crippen molar-refractivity contribution >= 4 is 22.8 Å². The Morgan fingerprint density at radius 3 is 2.88 bits per heavy atom. The smallest absolute Gasteiger partial charge is 0.230 e. The fourth-order valence-corrected chi connectivity index (χ4v) is 3.05. The van der Waals surface area contributed by atoms with Gasteiger partial charge in [-0.15, -0.1) is 0 Å². The van der Waals surface area contributed by atoms with Crippen molar-refractivity contribution in [3.05, 3.63) is 17.9 Å². The number of nitrogen functional groups attached to an aromatic ring is 1. The van der Waals surface area contributed by atoms with E-state index in [0.717, 1.165) is 30.4 Å². The molecule has 1 unspecified atom stereocenters. The summed E-state index contributed by atoms with van der Waals surface area (Å²) in [4.78, 5) is 15.7. The molecule has 0 radical (unpaired) electrons. The average molecular weight is 328 g/mol. The van der Waals surface area contributed by atoms with Crippen molar-refractivity contribution < 1.29 is 4.52 Å². The molecule has 126 valence electrons. The Kier molecular flexibility index (Phi) is 3.36. The topological polar surface area (TPSA) is 112 Å². The molecule has 1 atom stereocenters. The summed E-state index contributed by atoms with van der Waals surface area (Å²) in [6.45, 7) is 4.90. The first-order valence-electron chi connectivity index (χ1n) is 8.10. The van der Waals surface area contributed by atoms with E-state index in [1.54, 1.807) is 10.9 Å². The molecule has 24 heavy (non-hydrogen) atoms. The number of aryl methyl sites for hydroxylation is 1. The summed E-state index contributed by atoms with van der Waals surface area (Å²) in [7, 11) is 1.84. The second-order valence-electron chi connectivity index (χ2n) is 6.41. The van der Waals surface area contributed by atoms with Gasteiger partial charge in [0.1, 0.15) is 5.82 Å². The Morgan fingerprint density at radius 2 is 2.12 bits per heavy atom. The number of nitrogens with two attached hydrogens (primary N) is 1. The number of aromatic nitrogens is 6. The van der Waals surface area contributed by atoms with Gasteiger partial charge in [0.05, 0.1) is 17.6 Å².